The molecule has 3 aromatic heterocycles. The molecule has 1 aromatic carbocycles. The van der Waals surface area contributed by atoms with Crippen LogP contribution in [0.2, 0.25) is 0 Å². The Morgan fingerprint density at radius 3 is 2.91 bits per heavy atom. The molecule has 10 nitrogen and oxygen atoms in total. The van der Waals surface area contributed by atoms with Gasteiger partial charge in [0.15, 0.2) is 11.5 Å². The van der Waals surface area contributed by atoms with Crippen LogP contribution < -0.4 is 5.32 Å². The molecule has 0 spiro atoms. The molecule has 2 N–H and O–H groups in total. The summed E-state index contributed by atoms with van der Waals surface area (Å²) < 4.78 is 7.04. The number of carbonyl (C=O) groups is 2. The van der Waals surface area contributed by atoms with Crippen LogP contribution in [0.1, 0.15) is 51.1 Å². The van der Waals surface area contributed by atoms with Crippen molar-refractivity contribution in [2.45, 2.75) is 25.3 Å². The van der Waals surface area contributed by atoms with Crippen LogP contribution in [0.3, 0.4) is 0 Å². The van der Waals surface area contributed by atoms with Gasteiger partial charge in [-0.1, -0.05) is 23.4 Å². The van der Waals surface area contributed by atoms with Crippen molar-refractivity contribution in [1.29, 1.82) is 0 Å². The van der Waals surface area contributed by atoms with Crippen molar-refractivity contribution in [3.63, 3.8) is 0 Å². The molecule has 1 saturated heterocycles. The molecule has 1 unspecified atom stereocenters. The Morgan fingerprint density at radius 1 is 1.21 bits per heavy atom. The Hall–Kier alpha value is -4.21. The molecule has 0 aliphatic carbocycles. The van der Waals surface area contributed by atoms with E-state index < -0.39 is 0 Å². The molecule has 1 fully saturated rings. The van der Waals surface area contributed by atoms with Gasteiger partial charge in [-0.25, -0.2) is 0 Å². The van der Waals surface area contributed by atoms with Crippen LogP contribution in [-0.4, -0.2) is 54.9 Å². The van der Waals surface area contributed by atoms with E-state index in [1.54, 1.807) is 40.2 Å². The first-order valence-electron chi connectivity index (χ1n) is 10.8. The Kier molecular flexibility index (Phi) is 5.71. The average Bonchev–Trinajstić information content (AvgIpc) is 3.62. The zero-order valence-corrected chi connectivity index (χ0v) is 17.8. The summed E-state index contributed by atoms with van der Waals surface area (Å²) in [6.07, 6.45) is 6.82. The minimum Gasteiger partial charge on any atom is -0.359 e. The second-order valence-electron chi connectivity index (χ2n) is 7.99. The highest BCUT2D eigenvalue weighted by atomic mass is 16.5. The summed E-state index contributed by atoms with van der Waals surface area (Å²) >= 11 is 0. The van der Waals surface area contributed by atoms with Gasteiger partial charge in [0.2, 0.25) is 0 Å². The maximum absolute atomic E-state index is 13.1. The molecular weight excluding hydrogens is 422 g/mol. The molecular formula is C23H23N7O3. The van der Waals surface area contributed by atoms with Gasteiger partial charge in [0.1, 0.15) is 6.54 Å². The summed E-state index contributed by atoms with van der Waals surface area (Å²) in [5.74, 6) is 0.209. The Labute approximate surface area is 189 Å². The highest BCUT2D eigenvalue weighted by Gasteiger charge is 2.30. The number of anilines is 1. The number of benzene rings is 1. The second kappa shape index (κ2) is 9.11. The van der Waals surface area contributed by atoms with Crippen LogP contribution in [-0.2, 0) is 6.54 Å². The molecule has 10 heteroatoms. The van der Waals surface area contributed by atoms with Crippen molar-refractivity contribution in [2.24, 2.45) is 0 Å². The fraction of sp³-hybridized carbons (Fsp3) is 0.261. The van der Waals surface area contributed by atoms with E-state index >= 15 is 0 Å². The number of rotatable bonds is 6. The lowest BCUT2D eigenvalue weighted by Crippen LogP contribution is -2.39. The zero-order valence-electron chi connectivity index (χ0n) is 17.8. The number of nitrogens with zero attached hydrogens (tertiary/aromatic N) is 5. The van der Waals surface area contributed by atoms with Gasteiger partial charge in [-0.15, -0.1) is 0 Å². The predicted molar refractivity (Wildman–Crippen MR) is 119 cm³/mol. The van der Waals surface area contributed by atoms with E-state index in [1.807, 2.05) is 30.5 Å². The number of hydrogen-bond acceptors (Lipinski definition) is 6. The number of nitrogens with one attached hydrogen (secondary N) is 2. The first kappa shape index (κ1) is 20.7. The molecule has 1 atom stereocenters. The number of carbonyl (C=O) groups excluding carboxylic acids is 2. The SMILES string of the molecule is O=C(Nc1cn[nH]c1C1CCCN(C(=O)c2cc(Cn3cccn3)on2)C1)c1ccccc1. The Bertz CT molecular complexity index is 1230. The van der Waals surface area contributed by atoms with Gasteiger partial charge in [-0.2, -0.15) is 10.2 Å². The first-order valence-corrected chi connectivity index (χ1v) is 10.8. The largest absolute Gasteiger partial charge is 0.359 e. The van der Waals surface area contributed by atoms with Crippen molar-refractivity contribution >= 4 is 17.5 Å². The molecule has 1 aliphatic heterocycles. The minimum absolute atomic E-state index is 0.0201. The van der Waals surface area contributed by atoms with Gasteiger partial charge in [-0.3, -0.25) is 19.4 Å². The fourth-order valence-corrected chi connectivity index (χ4v) is 4.09. The monoisotopic (exact) mass is 445 g/mol. The van der Waals surface area contributed by atoms with Crippen LogP contribution in [0.15, 0.2) is 65.6 Å². The number of aromatic amines is 1. The highest BCUT2D eigenvalue weighted by molar-refractivity contribution is 6.04. The Morgan fingerprint density at radius 2 is 2.09 bits per heavy atom. The predicted octanol–water partition coefficient (Wildman–Crippen LogP) is 2.91. The summed E-state index contributed by atoms with van der Waals surface area (Å²) in [7, 11) is 0. The Balaban J connectivity index is 1.26. The van der Waals surface area contributed by atoms with Crippen molar-refractivity contribution in [1.82, 2.24) is 30.0 Å². The van der Waals surface area contributed by atoms with Gasteiger partial charge in [0.25, 0.3) is 11.8 Å². The minimum atomic E-state index is -0.200. The van der Waals surface area contributed by atoms with Crippen molar-refractivity contribution in [2.75, 3.05) is 18.4 Å². The smallest absolute Gasteiger partial charge is 0.276 e. The van der Waals surface area contributed by atoms with Crippen molar-refractivity contribution < 1.29 is 14.1 Å². The molecule has 168 valence electrons. The van der Waals surface area contributed by atoms with E-state index in [9.17, 15) is 9.59 Å². The molecule has 0 saturated carbocycles. The maximum Gasteiger partial charge on any atom is 0.276 e. The quantitative estimate of drug-likeness (QED) is 0.471. The second-order valence-corrected chi connectivity index (χ2v) is 7.99. The molecule has 1 aliphatic rings. The van der Waals surface area contributed by atoms with Gasteiger partial charge in [0, 0.05) is 43.0 Å². The molecule has 2 amide bonds. The third kappa shape index (κ3) is 4.54. The van der Waals surface area contributed by atoms with E-state index in [0.717, 1.165) is 18.5 Å². The van der Waals surface area contributed by atoms with E-state index in [2.05, 4.69) is 25.8 Å². The maximum atomic E-state index is 13.1. The molecule has 0 bridgehead atoms. The van der Waals surface area contributed by atoms with Crippen molar-refractivity contribution in [3.8, 4) is 0 Å². The van der Waals surface area contributed by atoms with E-state index in [0.29, 0.717) is 36.6 Å². The number of amides is 2. The lowest BCUT2D eigenvalue weighted by atomic mass is 9.93. The number of likely N-dealkylation sites (tertiary alicyclic amines) is 1. The zero-order chi connectivity index (χ0) is 22.6. The summed E-state index contributed by atoms with van der Waals surface area (Å²) in [4.78, 5) is 27.4. The van der Waals surface area contributed by atoms with Gasteiger partial charge in [-0.05, 0) is 31.0 Å². The molecule has 0 radical (unpaired) electrons. The average molecular weight is 445 g/mol. The summed E-state index contributed by atoms with van der Waals surface area (Å²) in [6, 6.07) is 12.5. The number of aromatic nitrogens is 5. The van der Waals surface area contributed by atoms with Crippen LogP contribution in [0.4, 0.5) is 5.69 Å². The number of piperidine rings is 1. The van der Waals surface area contributed by atoms with Gasteiger partial charge < -0.3 is 14.7 Å². The van der Waals surface area contributed by atoms with Crippen LogP contribution in [0.25, 0.3) is 0 Å². The van der Waals surface area contributed by atoms with E-state index in [4.69, 9.17) is 4.52 Å². The van der Waals surface area contributed by atoms with Gasteiger partial charge in [0.05, 0.1) is 17.6 Å². The van der Waals surface area contributed by atoms with E-state index in [1.165, 1.54) is 0 Å². The lowest BCUT2D eigenvalue weighted by Gasteiger charge is -2.32. The first-order chi connectivity index (χ1) is 16.2. The fourth-order valence-electron chi connectivity index (χ4n) is 4.09. The lowest BCUT2D eigenvalue weighted by molar-refractivity contribution is 0.0695. The summed E-state index contributed by atoms with van der Waals surface area (Å²) in [5.41, 5.74) is 2.30. The summed E-state index contributed by atoms with van der Waals surface area (Å²) in [6.45, 7) is 1.54. The van der Waals surface area contributed by atoms with Gasteiger partial charge >= 0.3 is 0 Å². The van der Waals surface area contributed by atoms with E-state index in [-0.39, 0.29) is 23.4 Å². The third-order valence-corrected chi connectivity index (χ3v) is 5.72. The third-order valence-electron chi connectivity index (χ3n) is 5.72. The van der Waals surface area contributed by atoms with Crippen LogP contribution >= 0.6 is 0 Å². The number of H-pyrrole nitrogens is 1. The standard InChI is InChI=1S/C23H23N7O3/c31-22(16-6-2-1-3-7-16)26-20-13-24-27-21(20)17-8-4-10-29(14-17)23(32)19-12-18(33-28-19)15-30-11-5-9-25-30/h1-3,5-7,9,11-13,17H,4,8,10,14-15H2,(H,24,27)(H,26,31). The number of hydrogen-bond donors (Lipinski definition) is 2. The summed E-state index contributed by atoms with van der Waals surface area (Å²) in [5, 5.41) is 18.2. The topological polar surface area (TPSA) is 122 Å². The molecule has 4 aromatic rings. The molecule has 33 heavy (non-hydrogen) atoms. The van der Waals surface area contributed by atoms with Crippen molar-refractivity contribution in [3.05, 3.63) is 83.8 Å². The highest BCUT2D eigenvalue weighted by Crippen LogP contribution is 2.31. The normalized spacial score (nSPS) is 16.0. The van der Waals surface area contributed by atoms with Crippen LogP contribution in [0.5, 0.6) is 0 Å². The van der Waals surface area contributed by atoms with Crippen LogP contribution in [0, 0.1) is 0 Å². The molecule has 4 heterocycles. The molecule has 5 rings (SSSR count).